The van der Waals surface area contributed by atoms with Gasteiger partial charge >= 0.3 is 6.09 Å². The number of pyridine rings is 1. The van der Waals surface area contributed by atoms with E-state index in [4.69, 9.17) is 4.74 Å². The molecule has 1 atom stereocenters. The largest absolute Gasteiger partial charge is 0.445 e. The van der Waals surface area contributed by atoms with Crippen LogP contribution >= 0.6 is 0 Å². The molecule has 144 valence electrons. The van der Waals surface area contributed by atoms with Gasteiger partial charge in [0.2, 0.25) is 0 Å². The topological polar surface area (TPSA) is 54.5 Å². The maximum atomic E-state index is 14.5. The highest BCUT2D eigenvalue weighted by atomic mass is 19.3. The fraction of sp³-hybridized carbons (Fsp3) is 0.400. The molecule has 0 spiro atoms. The molecule has 1 fully saturated rings. The molecule has 1 amide bonds. The van der Waals surface area contributed by atoms with Crippen molar-refractivity contribution in [1.29, 1.82) is 0 Å². The monoisotopic (exact) mass is 375 g/mol. The van der Waals surface area contributed by atoms with Gasteiger partial charge in [-0.25, -0.2) is 13.6 Å². The Morgan fingerprint density at radius 2 is 1.96 bits per heavy atom. The average molecular weight is 375 g/mol. The zero-order chi connectivity index (χ0) is 19.3. The molecular formula is C20H23F2N3O2. The van der Waals surface area contributed by atoms with Crippen LogP contribution in [0, 0.1) is 12.8 Å². The van der Waals surface area contributed by atoms with Crippen molar-refractivity contribution in [1.82, 2.24) is 9.88 Å². The molecule has 0 radical (unpaired) electrons. The second-order valence-corrected chi connectivity index (χ2v) is 6.83. The molecule has 2 heterocycles. The highest BCUT2D eigenvalue weighted by Gasteiger charge is 2.46. The summed E-state index contributed by atoms with van der Waals surface area (Å²) in [4.78, 5) is 17.1. The summed E-state index contributed by atoms with van der Waals surface area (Å²) in [5.41, 5.74) is 2.69. The van der Waals surface area contributed by atoms with Gasteiger partial charge in [0.15, 0.2) is 0 Å². The summed E-state index contributed by atoms with van der Waals surface area (Å²) in [6, 6.07) is 11.0. The van der Waals surface area contributed by atoms with Crippen molar-refractivity contribution in [2.45, 2.75) is 25.9 Å². The second kappa shape index (κ2) is 8.33. The summed E-state index contributed by atoms with van der Waals surface area (Å²) in [5, 5.41) is 3.01. The third-order valence-corrected chi connectivity index (χ3v) is 4.72. The Balaban J connectivity index is 1.49. The van der Waals surface area contributed by atoms with Crippen LogP contribution in [0.3, 0.4) is 0 Å². The van der Waals surface area contributed by atoms with Gasteiger partial charge in [-0.05, 0) is 31.0 Å². The molecule has 27 heavy (non-hydrogen) atoms. The van der Waals surface area contributed by atoms with E-state index in [1.165, 1.54) is 0 Å². The Hall–Kier alpha value is -2.70. The van der Waals surface area contributed by atoms with Gasteiger partial charge in [0, 0.05) is 37.1 Å². The van der Waals surface area contributed by atoms with Crippen LogP contribution in [0.2, 0.25) is 0 Å². The van der Waals surface area contributed by atoms with Crippen molar-refractivity contribution in [3.05, 3.63) is 59.9 Å². The minimum Gasteiger partial charge on any atom is -0.445 e. The molecule has 5 nitrogen and oxygen atoms in total. The maximum absolute atomic E-state index is 14.5. The van der Waals surface area contributed by atoms with E-state index in [9.17, 15) is 13.6 Å². The number of ether oxygens (including phenoxy) is 1. The van der Waals surface area contributed by atoms with E-state index in [1.54, 1.807) is 24.5 Å². The number of carbonyl (C=O) groups excluding carboxylic acids is 1. The minimum atomic E-state index is -2.97. The first kappa shape index (κ1) is 19.1. The molecule has 1 N–H and O–H groups in total. The molecule has 0 bridgehead atoms. The fourth-order valence-electron chi connectivity index (χ4n) is 3.02. The van der Waals surface area contributed by atoms with E-state index < -0.39 is 24.5 Å². The first-order valence-electron chi connectivity index (χ1n) is 8.93. The lowest BCUT2D eigenvalue weighted by Gasteiger charge is -2.37. The van der Waals surface area contributed by atoms with E-state index in [0.717, 1.165) is 21.7 Å². The standard InChI is InChI=1S/C20H23F2N3O2/c1-15-2-4-16(5-3-15)13-27-19(26)25-11-8-17(20(21,22)14-25)12-24-18-6-9-23-10-7-18/h2-7,9-10,17H,8,11-14H2,1H3,(H,23,24). The van der Waals surface area contributed by atoms with Crippen LogP contribution in [-0.4, -0.2) is 41.5 Å². The number of carbonyl (C=O) groups is 1. The predicted octanol–water partition coefficient (Wildman–Crippen LogP) is 4.10. The Morgan fingerprint density at radius 3 is 2.63 bits per heavy atom. The molecule has 0 saturated carbocycles. The van der Waals surface area contributed by atoms with E-state index in [0.29, 0.717) is 0 Å². The van der Waals surface area contributed by atoms with Gasteiger partial charge in [-0.1, -0.05) is 29.8 Å². The summed E-state index contributed by atoms with van der Waals surface area (Å²) in [6.07, 6.45) is 2.72. The lowest BCUT2D eigenvalue weighted by atomic mass is 9.93. The number of alkyl halides is 2. The first-order valence-corrected chi connectivity index (χ1v) is 8.93. The van der Waals surface area contributed by atoms with Crippen molar-refractivity contribution in [3.63, 3.8) is 0 Å². The number of halogens is 2. The second-order valence-electron chi connectivity index (χ2n) is 6.83. The van der Waals surface area contributed by atoms with Crippen molar-refractivity contribution < 1.29 is 18.3 Å². The quantitative estimate of drug-likeness (QED) is 0.855. The number of aromatic nitrogens is 1. The number of likely N-dealkylation sites (tertiary alicyclic amines) is 1. The van der Waals surface area contributed by atoms with Crippen molar-refractivity contribution in [3.8, 4) is 0 Å². The van der Waals surface area contributed by atoms with E-state index in [-0.39, 0.29) is 26.1 Å². The predicted molar refractivity (Wildman–Crippen MR) is 98.7 cm³/mol. The SMILES string of the molecule is Cc1ccc(COC(=O)N2CCC(CNc3ccncc3)C(F)(F)C2)cc1. The molecule has 1 saturated heterocycles. The number of amides is 1. The number of nitrogens with zero attached hydrogens (tertiary/aromatic N) is 2. The molecule has 1 aromatic heterocycles. The lowest BCUT2D eigenvalue weighted by Crippen LogP contribution is -2.52. The highest BCUT2D eigenvalue weighted by Crippen LogP contribution is 2.33. The lowest BCUT2D eigenvalue weighted by molar-refractivity contribution is -0.101. The van der Waals surface area contributed by atoms with E-state index in [1.807, 2.05) is 31.2 Å². The van der Waals surface area contributed by atoms with Gasteiger partial charge < -0.3 is 15.0 Å². The van der Waals surface area contributed by atoms with Crippen LogP contribution in [0.25, 0.3) is 0 Å². The number of anilines is 1. The molecule has 1 aliphatic rings. The third-order valence-electron chi connectivity index (χ3n) is 4.72. The summed E-state index contributed by atoms with van der Waals surface area (Å²) >= 11 is 0. The fourth-order valence-corrected chi connectivity index (χ4v) is 3.02. The smallest absolute Gasteiger partial charge is 0.410 e. The van der Waals surface area contributed by atoms with E-state index >= 15 is 0 Å². The van der Waals surface area contributed by atoms with E-state index in [2.05, 4.69) is 10.3 Å². The van der Waals surface area contributed by atoms with Gasteiger partial charge in [-0.2, -0.15) is 0 Å². The van der Waals surface area contributed by atoms with Crippen molar-refractivity contribution in [2.24, 2.45) is 5.92 Å². The van der Waals surface area contributed by atoms with Crippen LogP contribution in [0.1, 0.15) is 17.5 Å². The zero-order valence-corrected chi connectivity index (χ0v) is 15.2. The maximum Gasteiger partial charge on any atom is 0.410 e. The number of rotatable bonds is 5. The number of piperidine rings is 1. The van der Waals surface area contributed by atoms with Gasteiger partial charge in [0.25, 0.3) is 5.92 Å². The molecule has 0 aliphatic carbocycles. The minimum absolute atomic E-state index is 0.0776. The molecule has 2 aromatic rings. The Bertz CT molecular complexity index is 754. The third kappa shape index (κ3) is 5.15. The summed E-state index contributed by atoms with van der Waals surface area (Å²) < 4.78 is 34.2. The van der Waals surface area contributed by atoms with Crippen LogP contribution in [0.5, 0.6) is 0 Å². The number of nitrogens with one attached hydrogen (secondary N) is 1. The Labute approximate surface area is 157 Å². The molecular weight excluding hydrogens is 352 g/mol. The normalized spacial score (nSPS) is 18.8. The van der Waals surface area contributed by atoms with Crippen LogP contribution in [0.4, 0.5) is 19.3 Å². The van der Waals surface area contributed by atoms with Crippen LogP contribution < -0.4 is 5.32 Å². The highest BCUT2D eigenvalue weighted by molar-refractivity contribution is 5.68. The van der Waals surface area contributed by atoms with Gasteiger partial charge in [-0.15, -0.1) is 0 Å². The summed E-state index contributed by atoms with van der Waals surface area (Å²) in [6.45, 7) is 1.82. The van der Waals surface area contributed by atoms with Crippen molar-refractivity contribution in [2.75, 3.05) is 25.0 Å². The number of hydrogen-bond acceptors (Lipinski definition) is 4. The Morgan fingerprint density at radius 1 is 1.26 bits per heavy atom. The molecule has 1 aromatic carbocycles. The number of benzene rings is 1. The van der Waals surface area contributed by atoms with Crippen molar-refractivity contribution >= 4 is 11.8 Å². The summed E-state index contributed by atoms with van der Waals surface area (Å²) in [7, 11) is 0. The van der Waals surface area contributed by atoms with Crippen LogP contribution in [-0.2, 0) is 11.3 Å². The summed E-state index contributed by atoms with van der Waals surface area (Å²) in [5.74, 6) is -3.81. The first-order chi connectivity index (χ1) is 12.9. The number of aryl methyl sites for hydroxylation is 1. The average Bonchev–Trinajstić information content (AvgIpc) is 2.66. The van der Waals surface area contributed by atoms with Gasteiger partial charge in [0.05, 0.1) is 6.54 Å². The molecule has 1 aliphatic heterocycles. The van der Waals surface area contributed by atoms with Gasteiger partial charge in [0.1, 0.15) is 6.61 Å². The molecule has 3 rings (SSSR count). The zero-order valence-electron chi connectivity index (χ0n) is 15.2. The van der Waals surface area contributed by atoms with Gasteiger partial charge in [-0.3, -0.25) is 4.98 Å². The van der Waals surface area contributed by atoms with Crippen LogP contribution in [0.15, 0.2) is 48.8 Å². The molecule has 1 unspecified atom stereocenters. The number of hydrogen-bond donors (Lipinski definition) is 1. The molecule has 7 heteroatoms. The Kier molecular flexibility index (Phi) is 5.88.